The smallest absolute Gasteiger partial charge is 0.335 e. The summed E-state index contributed by atoms with van der Waals surface area (Å²) in [6, 6.07) is 13.6. The van der Waals surface area contributed by atoms with Gasteiger partial charge in [0.2, 0.25) is 5.89 Å². The molecule has 2 N–H and O–H groups in total. The van der Waals surface area contributed by atoms with Crippen LogP contribution in [0.4, 0.5) is 5.69 Å². The van der Waals surface area contributed by atoms with Crippen molar-refractivity contribution in [3.8, 4) is 11.5 Å². The van der Waals surface area contributed by atoms with E-state index in [0.717, 1.165) is 0 Å². The summed E-state index contributed by atoms with van der Waals surface area (Å²) in [5.74, 6) is -1.31. The number of nitrogens with one attached hydrogen (secondary N) is 1. The molecule has 0 fully saturated rings. The third kappa shape index (κ3) is 3.77. The molecule has 7 nitrogen and oxygen atoms in total. The van der Waals surface area contributed by atoms with Gasteiger partial charge in [0, 0.05) is 11.3 Å². The molecular formula is C19H17N3O4. The topological polar surface area (TPSA) is 105 Å². The SMILES string of the molecule is CC(C)c1ccc(NC(=O)c2nnc(-c3cccc(C(=O)O)c3)o2)cc1. The van der Waals surface area contributed by atoms with Crippen LogP contribution >= 0.6 is 0 Å². The third-order valence-electron chi connectivity index (χ3n) is 3.81. The van der Waals surface area contributed by atoms with Gasteiger partial charge in [-0.3, -0.25) is 4.79 Å². The summed E-state index contributed by atoms with van der Waals surface area (Å²) in [7, 11) is 0. The van der Waals surface area contributed by atoms with Crippen LogP contribution in [0.2, 0.25) is 0 Å². The molecule has 1 amide bonds. The Morgan fingerprint density at radius 1 is 1.08 bits per heavy atom. The molecule has 0 bridgehead atoms. The van der Waals surface area contributed by atoms with Crippen LogP contribution in [0.1, 0.15) is 46.4 Å². The summed E-state index contributed by atoms with van der Waals surface area (Å²) in [6.07, 6.45) is 0. The van der Waals surface area contributed by atoms with E-state index in [1.54, 1.807) is 24.3 Å². The Kier molecular flexibility index (Phi) is 4.79. The molecule has 7 heteroatoms. The van der Waals surface area contributed by atoms with Gasteiger partial charge in [-0.05, 0) is 41.8 Å². The summed E-state index contributed by atoms with van der Waals surface area (Å²) in [5, 5.41) is 19.3. The van der Waals surface area contributed by atoms with E-state index in [1.807, 2.05) is 12.1 Å². The average molecular weight is 351 g/mol. The highest BCUT2D eigenvalue weighted by atomic mass is 16.4. The first kappa shape index (κ1) is 17.3. The lowest BCUT2D eigenvalue weighted by Crippen LogP contribution is -2.12. The van der Waals surface area contributed by atoms with Crippen molar-refractivity contribution in [1.82, 2.24) is 10.2 Å². The van der Waals surface area contributed by atoms with Crippen molar-refractivity contribution < 1.29 is 19.1 Å². The minimum Gasteiger partial charge on any atom is -0.478 e. The number of hydrogen-bond donors (Lipinski definition) is 2. The van der Waals surface area contributed by atoms with Crippen molar-refractivity contribution in [2.24, 2.45) is 0 Å². The number of hydrogen-bond acceptors (Lipinski definition) is 5. The Morgan fingerprint density at radius 2 is 1.81 bits per heavy atom. The number of benzene rings is 2. The number of aromatic nitrogens is 2. The minimum absolute atomic E-state index is 0.0772. The number of nitrogens with zero attached hydrogens (tertiary/aromatic N) is 2. The predicted molar refractivity (Wildman–Crippen MR) is 95.2 cm³/mol. The second-order valence-corrected chi connectivity index (χ2v) is 6.03. The van der Waals surface area contributed by atoms with Crippen LogP contribution in [-0.2, 0) is 0 Å². The molecule has 0 aliphatic rings. The molecular weight excluding hydrogens is 334 g/mol. The molecule has 0 aliphatic heterocycles. The number of anilines is 1. The number of carboxylic acid groups (broad SMARTS) is 1. The Morgan fingerprint density at radius 3 is 2.46 bits per heavy atom. The van der Waals surface area contributed by atoms with E-state index in [4.69, 9.17) is 9.52 Å². The lowest BCUT2D eigenvalue weighted by Gasteiger charge is -2.07. The highest BCUT2D eigenvalue weighted by Crippen LogP contribution is 2.21. The van der Waals surface area contributed by atoms with Gasteiger partial charge in [0.25, 0.3) is 0 Å². The Labute approximate surface area is 149 Å². The summed E-state index contributed by atoms with van der Waals surface area (Å²) >= 11 is 0. The number of carboxylic acids is 1. The normalized spacial score (nSPS) is 10.7. The van der Waals surface area contributed by atoms with E-state index < -0.39 is 11.9 Å². The molecule has 26 heavy (non-hydrogen) atoms. The monoisotopic (exact) mass is 351 g/mol. The molecule has 0 radical (unpaired) electrons. The molecule has 0 spiro atoms. The number of aromatic carboxylic acids is 1. The van der Waals surface area contributed by atoms with E-state index in [-0.39, 0.29) is 17.3 Å². The van der Waals surface area contributed by atoms with Crippen LogP contribution in [0.15, 0.2) is 52.9 Å². The van der Waals surface area contributed by atoms with Gasteiger partial charge in [0.1, 0.15) is 0 Å². The molecule has 1 aromatic heterocycles. The van der Waals surface area contributed by atoms with Crippen LogP contribution < -0.4 is 5.32 Å². The average Bonchev–Trinajstić information content (AvgIpc) is 3.12. The van der Waals surface area contributed by atoms with Crippen LogP contribution in [-0.4, -0.2) is 27.2 Å². The fraction of sp³-hybridized carbons (Fsp3) is 0.158. The summed E-state index contributed by atoms with van der Waals surface area (Å²) in [4.78, 5) is 23.3. The van der Waals surface area contributed by atoms with Crippen molar-refractivity contribution >= 4 is 17.6 Å². The zero-order chi connectivity index (χ0) is 18.7. The van der Waals surface area contributed by atoms with Gasteiger partial charge in [-0.15, -0.1) is 10.2 Å². The largest absolute Gasteiger partial charge is 0.478 e. The Hall–Kier alpha value is -3.48. The molecule has 0 atom stereocenters. The highest BCUT2D eigenvalue weighted by Gasteiger charge is 2.17. The summed E-state index contributed by atoms with van der Waals surface area (Å²) in [5.41, 5.74) is 2.31. The first-order chi connectivity index (χ1) is 12.4. The van der Waals surface area contributed by atoms with E-state index >= 15 is 0 Å². The van der Waals surface area contributed by atoms with Gasteiger partial charge in [-0.25, -0.2) is 4.79 Å². The van der Waals surface area contributed by atoms with E-state index in [1.165, 1.54) is 17.7 Å². The van der Waals surface area contributed by atoms with Crippen molar-refractivity contribution in [2.75, 3.05) is 5.32 Å². The Bertz CT molecular complexity index is 945. The van der Waals surface area contributed by atoms with Gasteiger partial charge < -0.3 is 14.8 Å². The van der Waals surface area contributed by atoms with Crippen LogP contribution in [0.5, 0.6) is 0 Å². The maximum Gasteiger partial charge on any atom is 0.335 e. The highest BCUT2D eigenvalue weighted by molar-refractivity contribution is 6.01. The molecule has 0 saturated carbocycles. The number of carbonyl (C=O) groups is 2. The summed E-state index contributed by atoms with van der Waals surface area (Å²) in [6.45, 7) is 4.18. The van der Waals surface area contributed by atoms with E-state index in [2.05, 4.69) is 29.4 Å². The van der Waals surface area contributed by atoms with Gasteiger partial charge >= 0.3 is 17.8 Å². The van der Waals surface area contributed by atoms with Crippen LogP contribution in [0.25, 0.3) is 11.5 Å². The Balaban J connectivity index is 1.75. The lowest BCUT2D eigenvalue weighted by atomic mass is 10.0. The zero-order valence-electron chi connectivity index (χ0n) is 14.3. The standard InChI is InChI=1S/C19H17N3O4/c1-11(2)12-6-8-15(9-7-12)20-16(23)18-22-21-17(26-18)13-4-3-5-14(10-13)19(24)25/h3-11H,1-2H3,(H,20,23)(H,24,25). The first-order valence-corrected chi connectivity index (χ1v) is 8.02. The fourth-order valence-electron chi connectivity index (χ4n) is 2.35. The molecule has 2 aromatic carbocycles. The fourth-order valence-corrected chi connectivity index (χ4v) is 2.35. The molecule has 132 valence electrons. The van der Waals surface area contributed by atoms with Crippen LogP contribution in [0.3, 0.4) is 0 Å². The van der Waals surface area contributed by atoms with Gasteiger partial charge in [-0.1, -0.05) is 32.0 Å². The zero-order valence-corrected chi connectivity index (χ0v) is 14.3. The quantitative estimate of drug-likeness (QED) is 0.724. The molecule has 0 saturated heterocycles. The maximum atomic E-state index is 12.3. The lowest BCUT2D eigenvalue weighted by molar-refractivity contribution is 0.0696. The van der Waals surface area contributed by atoms with Gasteiger partial charge in [-0.2, -0.15) is 0 Å². The second-order valence-electron chi connectivity index (χ2n) is 6.03. The first-order valence-electron chi connectivity index (χ1n) is 8.02. The van der Waals surface area contributed by atoms with Gasteiger partial charge in [0.05, 0.1) is 5.56 Å². The van der Waals surface area contributed by atoms with Crippen molar-refractivity contribution in [2.45, 2.75) is 19.8 Å². The molecule has 1 heterocycles. The number of amides is 1. The number of rotatable bonds is 5. The second kappa shape index (κ2) is 7.18. The van der Waals surface area contributed by atoms with Gasteiger partial charge in [0.15, 0.2) is 0 Å². The summed E-state index contributed by atoms with van der Waals surface area (Å²) < 4.78 is 5.37. The van der Waals surface area contributed by atoms with Crippen LogP contribution in [0, 0.1) is 0 Å². The minimum atomic E-state index is -1.06. The van der Waals surface area contributed by atoms with Crippen molar-refractivity contribution in [3.63, 3.8) is 0 Å². The number of carbonyl (C=O) groups excluding carboxylic acids is 1. The molecule has 0 unspecified atom stereocenters. The third-order valence-corrected chi connectivity index (χ3v) is 3.81. The molecule has 0 aliphatic carbocycles. The molecule has 3 aromatic rings. The van der Waals surface area contributed by atoms with E-state index in [9.17, 15) is 9.59 Å². The predicted octanol–water partition coefficient (Wildman–Crippen LogP) is 3.81. The maximum absolute atomic E-state index is 12.3. The van der Waals surface area contributed by atoms with E-state index in [0.29, 0.717) is 17.2 Å². The van der Waals surface area contributed by atoms with Crippen molar-refractivity contribution in [3.05, 3.63) is 65.5 Å². The van der Waals surface area contributed by atoms with Crippen molar-refractivity contribution in [1.29, 1.82) is 0 Å². The molecule has 3 rings (SSSR count).